The average molecular weight is 260 g/mol. The summed E-state index contributed by atoms with van der Waals surface area (Å²) in [5.74, 6) is 0.364. The molecule has 1 unspecified atom stereocenters. The predicted molar refractivity (Wildman–Crippen MR) is 70.1 cm³/mol. The molecule has 1 aromatic carbocycles. The maximum absolute atomic E-state index is 11.9. The van der Waals surface area contributed by atoms with Crippen LogP contribution < -0.4 is 4.74 Å². The molecule has 0 aliphatic rings. The monoisotopic (exact) mass is 260 g/mol. The van der Waals surface area contributed by atoms with Crippen LogP contribution in [0.3, 0.4) is 0 Å². The van der Waals surface area contributed by atoms with Crippen molar-refractivity contribution < 1.29 is 14.3 Å². The van der Waals surface area contributed by atoms with Gasteiger partial charge in [-0.1, -0.05) is 0 Å². The molecular weight excluding hydrogens is 244 g/mol. The lowest BCUT2D eigenvalue weighted by Gasteiger charge is -2.13. The second-order valence-electron chi connectivity index (χ2n) is 4.17. The molecule has 0 fully saturated rings. The molecule has 5 heteroatoms. The molecule has 19 heavy (non-hydrogen) atoms. The lowest BCUT2D eigenvalue weighted by Crippen LogP contribution is -2.20. The molecular formula is C14H16N2O3. The van der Waals surface area contributed by atoms with E-state index in [4.69, 9.17) is 9.47 Å². The summed E-state index contributed by atoms with van der Waals surface area (Å²) in [4.78, 5) is 11.9. The van der Waals surface area contributed by atoms with Crippen LogP contribution in [0.25, 0.3) is 0 Å². The largest absolute Gasteiger partial charge is 0.497 e. The van der Waals surface area contributed by atoms with Crippen LogP contribution in [-0.2, 0) is 11.3 Å². The Morgan fingerprint density at radius 3 is 2.68 bits per heavy atom. The van der Waals surface area contributed by atoms with Crippen LogP contribution in [0.1, 0.15) is 17.3 Å². The zero-order valence-electron chi connectivity index (χ0n) is 10.9. The zero-order valence-corrected chi connectivity index (χ0v) is 10.9. The van der Waals surface area contributed by atoms with E-state index in [2.05, 4.69) is 5.10 Å². The Bertz CT molecular complexity index is 520. The van der Waals surface area contributed by atoms with E-state index >= 15 is 0 Å². The molecule has 0 N–H and O–H groups in total. The maximum atomic E-state index is 11.9. The lowest BCUT2D eigenvalue weighted by atomic mass is 10.2. The Hall–Kier alpha value is -2.30. The van der Waals surface area contributed by atoms with E-state index in [1.54, 1.807) is 42.3 Å². The van der Waals surface area contributed by atoms with Gasteiger partial charge in [0.2, 0.25) is 0 Å². The van der Waals surface area contributed by atoms with Crippen molar-refractivity contribution in [1.29, 1.82) is 0 Å². The Morgan fingerprint density at radius 1 is 1.37 bits per heavy atom. The molecule has 0 radical (unpaired) electrons. The minimum atomic E-state index is -0.345. The van der Waals surface area contributed by atoms with Crippen LogP contribution in [0.15, 0.2) is 42.7 Å². The number of hydrogen-bond acceptors (Lipinski definition) is 4. The molecule has 1 heterocycles. The van der Waals surface area contributed by atoms with Crippen molar-refractivity contribution in [1.82, 2.24) is 9.78 Å². The molecule has 0 spiro atoms. The molecule has 0 bridgehead atoms. The molecule has 2 aromatic rings. The van der Waals surface area contributed by atoms with E-state index in [-0.39, 0.29) is 12.1 Å². The van der Waals surface area contributed by atoms with Crippen LogP contribution in [0.2, 0.25) is 0 Å². The third-order valence-electron chi connectivity index (χ3n) is 2.64. The maximum Gasteiger partial charge on any atom is 0.338 e. The van der Waals surface area contributed by atoms with E-state index in [9.17, 15) is 4.79 Å². The third-order valence-corrected chi connectivity index (χ3v) is 2.64. The molecule has 0 saturated carbocycles. The number of methoxy groups -OCH3 is 1. The number of benzene rings is 1. The minimum Gasteiger partial charge on any atom is -0.497 e. The van der Waals surface area contributed by atoms with E-state index in [1.807, 2.05) is 19.2 Å². The van der Waals surface area contributed by atoms with E-state index in [0.29, 0.717) is 17.9 Å². The van der Waals surface area contributed by atoms with Crippen molar-refractivity contribution in [2.45, 2.75) is 19.6 Å². The van der Waals surface area contributed by atoms with Crippen LogP contribution in [0.4, 0.5) is 0 Å². The van der Waals surface area contributed by atoms with E-state index in [1.165, 1.54) is 0 Å². The summed E-state index contributed by atoms with van der Waals surface area (Å²) in [6, 6.07) is 8.66. The van der Waals surface area contributed by atoms with Crippen molar-refractivity contribution in [3.05, 3.63) is 48.3 Å². The Labute approximate surface area is 111 Å². The van der Waals surface area contributed by atoms with Crippen molar-refractivity contribution >= 4 is 5.97 Å². The fraction of sp³-hybridized carbons (Fsp3) is 0.286. The van der Waals surface area contributed by atoms with Crippen LogP contribution in [0, 0.1) is 0 Å². The van der Waals surface area contributed by atoms with Gasteiger partial charge in [0.15, 0.2) is 0 Å². The topological polar surface area (TPSA) is 53.4 Å². The highest BCUT2D eigenvalue weighted by molar-refractivity contribution is 5.89. The summed E-state index contributed by atoms with van der Waals surface area (Å²) in [7, 11) is 1.58. The summed E-state index contributed by atoms with van der Waals surface area (Å²) < 4.78 is 12.1. The average Bonchev–Trinajstić information content (AvgIpc) is 2.91. The van der Waals surface area contributed by atoms with Gasteiger partial charge in [-0.3, -0.25) is 4.68 Å². The second kappa shape index (κ2) is 6.04. The molecule has 1 aromatic heterocycles. The molecule has 0 aliphatic carbocycles. The van der Waals surface area contributed by atoms with Crippen molar-refractivity contribution in [3.63, 3.8) is 0 Å². The van der Waals surface area contributed by atoms with E-state index in [0.717, 1.165) is 0 Å². The van der Waals surface area contributed by atoms with E-state index < -0.39 is 0 Å². The van der Waals surface area contributed by atoms with Crippen molar-refractivity contribution in [2.24, 2.45) is 0 Å². The third kappa shape index (κ3) is 3.58. The van der Waals surface area contributed by atoms with Gasteiger partial charge in [0.05, 0.1) is 19.2 Å². The number of ether oxygens (including phenoxy) is 2. The predicted octanol–water partition coefficient (Wildman–Crippen LogP) is 2.14. The summed E-state index contributed by atoms with van der Waals surface area (Å²) in [6.45, 7) is 2.37. The number of aromatic nitrogens is 2. The standard InChI is InChI=1S/C14H16N2O3/c1-11(10-16-9-3-8-15-16)19-14(17)12-4-6-13(18-2)7-5-12/h3-9,11H,10H2,1-2H3. The number of carbonyl (C=O) groups excluding carboxylic acids is 1. The smallest absolute Gasteiger partial charge is 0.338 e. The number of esters is 1. The first-order valence-corrected chi connectivity index (χ1v) is 6.01. The van der Waals surface area contributed by atoms with Gasteiger partial charge in [0.25, 0.3) is 0 Å². The molecule has 0 saturated heterocycles. The highest BCUT2D eigenvalue weighted by Crippen LogP contribution is 2.13. The van der Waals surface area contributed by atoms with Crippen molar-refractivity contribution in [2.75, 3.05) is 7.11 Å². The summed E-state index contributed by atoms with van der Waals surface area (Å²) in [6.07, 6.45) is 3.28. The molecule has 100 valence electrons. The molecule has 0 aliphatic heterocycles. The molecule has 0 amide bonds. The van der Waals surface area contributed by atoms with Crippen LogP contribution in [-0.4, -0.2) is 29.0 Å². The first kappa shape index (κ1) is 13.1. The normalized spacial score (nSPS) is 11.9. The summed E-state index contributed by atoms with van der Waals surface area (Å²) >= 11 is 0. The quantitative estimate of drug-likeness (QED) is 0.773. The second-order valence-corrected chi connectivity index (χ2v) is 4.17. The fourth-order valence-electron chi connectivity index (χ4n) is 1.69. The van der Waals surface area contributed by atoms with Gasteiger partial charge >= 0.3 is 5.97 Å². The van der Waals surface area contributed by atoms with Gasteiger partial charge in [-0.15, -0.1) is 0 Å². The first-order valence-electron chi connectivity index (χ1n) is 6.01. The fourth-order valence-corrected chi connectivity index (χ4v) is 1.69. The van der Waals surface area contributed by atoms with Crippen LogP contribution in [0.5, 0.6) is 5.75 Å². The summed E-state index contributed by atoms with van der Waals surface area (Å²) in [5.41, 5.74) is 0.508. The Balaban J connectivity index is 1.92. The Morgan fingerprint density at radius 2 is 2.11 bits per heavy atom. The SMILES string of the molecule is COc1ccc(C(=O)OC(C)Cn2cccn2)cc1. The van der Waals surface area contributed by atoms with Gasteiger partial charge in [0.1, 0.15) is 11.9 Å². The van der Waals surface area contributed by atoms with Gasteiger partial charge < -0.3 is 9.47 Å². The molecule has 2 rings (SSSR count). The Kier molecular flexibility index (Phi) is 4.18. The van der Waals surface area contributed by atoms with Crippen molar-refractivity contribution in [3.8, 4) is 5.75 Å². The van der Waals surface area contributed by atoms with Gasteiger partial charge in [-0.05, 0) is 37.3 Å². The highest BCUT2D eigenvalue weighted by Gasteiger charge is 2.12. The van der Waals surface area contributed by atoms with Gasteiger partial charge in [-0.2, -0.15) is 5.10 Å². The highest BCUT2D eigenvalue weighted by atomic mass is 16.5. The van der Waals surface area contributed by atoms with Crippen LogP contribution >= 0.6 is 0 Å². The summed E-state index contributed by atoms with van der Waals surface area (Å²) in [5, 5.41) is 4.07. The number of rotatable bonds is 5. The number of hydrogen-bond donors (Lipinski definition) is 0. The minimum absolute atomic E-state index is 0.241. The lowest BCUT2D eigenvalue weighted by molar-refractivity contribution is 0.0299. The van der Waals surface area contributed by atoms with Gasteiger partial charge in [0, 0.05) is 12.4 Å². The zero-order chi connectivity index (χ0) is 13.7. The number of nitrogens with zero attached hydrogens (tertiary/aromatic N) is 2. The first-order chi connectivity index (χ1) is 9.19. The molecule has 5 nitrogen and oxygen atoms in total. The van der Waals surface area contributed by atoms with Gasteiger partial charge in [-0.25, -0.2) is 4.79 Å². The molecule has 1 atom stereocenters. The number of carbonyl (C=O) groups is 1.